The topological polar surface area (TPSA) is 52.9 Å². The first kappa shape index (κ1) is 16.6. The van der Waals surface area contributed by atoms with Crippen molar-refractivity contribution in [3.63, 3.8) is 0 Å². The quantitative estimate of drug-likeness (QED) is 0.636. The summed E-state index contributed by atoms with van der Waals surface area (Å²) >= 11 is 12.1. The fourth-order valence-corrected chi connectivity index (χ4v) is 3.41. The number of anilines is 2. The minimum Gasteiger partial charge on any atom is -0.508 e. The lowest BCUT2D eigenvalue weighted by Gasteiger charge is -2.16. The van der Waals surface area contributed by atoms with Crippen LogP contribution < -0.4 is 4.90 Å². The van der Waals surface area contributed by atoms with Crippen molar-refractivity contribution in [2.24, 2.45) is 4.99 Å². The van der Waals surface area contributed by atoms with E-state index in [1.807, 2.05) is 24.3 Å². The van der Waals surface area contributed by atoms with E-state index >= 15 is 0 Å². The second-order valence-electron chi connectivity index (χ2n) is 5.76. The van der Waals surface area contributed by atoms with Crippen LogP contribution in [0.2, 0.25) is 10.0 Å². The number of benzene rings is 3. The van der Waals surface area contributed by atoms with Gasteiger partial charge in [-0.2, -0.15) is 0 Å². The van der Waals surface area contributed by atoms with Gasteiger partial charge >= 0.3 is 0 Å². The number of halogens is 2. The van der Waals surface area contributed by atoms with E-state index in [2.05, 4.69) is 4.99 Å². The smallest absolute Gasteiger partial charge is 0.282 e. The van der Waals surface area contributed by atoms with Gasteiger partial charge in [0.25, 0.3) is 5.91 Å². The molecule has 4 rings (SSSR count). The Balaban J connectivity index is 1.86. The number of hydrogen-bond donors (Lipinski definition) is 1. The molecule has 1 aliphatic rings. The van der Waals surface area contributed by atoms with E-state index in [4.69, 9.17) is 23.2 Å². The molecule has 0 spiro atoms. The van der Waals surface area contributed by atoms with Gasteiger partial charge in [-0.1, -0.05) is 41.4 Å². The first-order valence-electron chi connectivity index (χ1n) is 7.80. The summed E-state index contributed by atoms with van der Waals surface area (Å²) in [5.41, 5.74) is 2.92. The minimum atomic E-state index is -0.256. The Morgan fingerprint density at radius 1 is 0.885 bits per heavy atom. The molecule has 0 saturated carbocycles. The van der Waals surface area contributed by atoms with Crippen LogP contribution in [0.5, 0.6) is 5.75 Å². The average Bonchev–Trinajstić information content (AvgIpc) is 2.87. The number of hydrogen-bond acceptors (Lipinski definition) is 3. The van der Waals surface area contributed by atoms with Crippen molar-refractivity contribution in [3.8, 4) is 5.75 Å². The molecule has 0 bridgehead atoms. The summed E-state index contributed by atoms with van der Waals surface area (Å²) in [6.07, 6.45) is 0. The van der Waals surface area contributed by atoms with Crippen LogP contribution in [-0.4, -0.2) is 16.7 Å². The molecule has 1 N–H and O–H groups in total. The van der Waals surface area contributed by atoms with Crippen molar-refractivity contribution in [3.05, 3.63) is 82.3 Å². The van der Waals surface area contributed by atoms with Crippen molar-refractivity contribution >= 4 is 51.9 Å². The molecule has 128 valence electrons. The van der Waals surface area contributed by atoms with Crippen LogP contribution in [0.1, 0.15) is 5.56 Å². The Morgan fingerprint density at radius 2 is 1.54 bits per heavy atom. The number of carbonyl (C=O) groups excluding carboxylic acids is 1. The lowest BCUT2D eigenvalue weighted by atomic mass is 10.1. The summed E-state index contributed by atoms with van der Waals surface area (Å²) in [5.74, 6) is -0.121. The van der Waals surface area contributed by atoms with E-state index < -0.39 is 0 Å². The molecule has 0 fully saturated rings. The second-order valence-corrected chi connectivity index (χ2v) is 6.64. The van der Waals surface area contributed by atoms with Gasteiger partial charge < -0.3 is 5.11 Å². The summed E-state index contributed by atoms with van der Waals surface area (Å²) in [6, 6.07) is 18.8. The monoisotopic (exact) mass is 382 g/mol. The first-order chi connectivity index (χ1) is 12.5. The van der Waals surface area contributed by atoms with E-state index in [9.17, 15) is 9.90 Å². The summed E-state index contributed by atoms with van der Waals surface area (Å²) in [5, 5.41) is 10.4. The van der Waals surface area contributed by atoms with Gasteiger partial charge in [-0.3, -0.25) is 9.69 Å². The van der Waals surface area contributed by atoms with Crippen LogP contribution in [-0.2, 0) is 4.79 Å². The van der Waals surface area contributed by atoms with Crippen LogP contribution in [0.4, 0.5) is 17.1 Å². The predicted octanol–water partition coefficient (Wildman–Crippen LogP) is 5.50. The van der Waals surface area contributed by atoms with Gasteiger partial charge in [0, 0.05) is 21.3 Å². The zero-order chi connectivity index (χ0) is 18.3. The maximum absolute atomic E-state index is 13.1. The van der Waals surface area contributed by atoms with Gasteiger partial charge in [-0.25, -0.2) is 4.99 Å². The number of phenols is 1. The fraction of sp³-hybridized carbons (Fsp3) is 0. The third kappa shape index (κ3) is 2.94. The summed E-state index contributed by atoms with van der Waals surface area (Å²) in [4.78, 5) is 19.2. The van der Waals surface area contributed by atoms with Crippen LogP contribution in [0.15, 0.2) is 71.7 Å². The largest absolute Gasteiger partial charge is 0.508 e. The number of phenolic OH excluding ortho intramolecular Hbond substituents is 1. The van der Waals surface area contributed by atoms with E-state index in [1.165, 1.54) is 12.1 Å². The van der Waals surface area contributed by atoms with Gasteiger partial charge in [0.2, 0.25) is 0 Å². The number of aliphatic imine (C=N–C) groups is 1. The Morgan fingerprint density at radius 3 is 2.23 bits per heavy atom. The second kappa shape index (κ2) is 6.48. The molecule has 4 nitrogen and oxygen atoms in total. The van der Waals surface area contributed by atoms with Gasteiger partial charge in [-0.15, -0.1) is 0 Å². The maximum atomic E-state index is 13.1. The van der Waals surface area contributed by atoms with Crippen molar-refractivity contribution in [1.82, 2.24) is 0 Å². The summed E-state index contributed by atoms with van der Waals surface area (Å²) in [6.45, 7) is 0. The van der Waals surface area contributed by atoms with Crippen molar-refractivity contribution in [2.45, 2.75) is 0 Å². The van der Waals surface area contributed by atoms with Gasteiger partial charge in [0.1, 0.15) is 11.5 Å². The molecular weight excluding hydrogens is 371 g/mol. The minimum absolute atomic E-state index is 0.135. The van der Waals surface area contributed by atoms with Crippen LogP contribution in [0.3, 0.4) is 0 Å². The zero-order valence-electron chi connectivity index (χ0n) is 13.4. The Labute approximate surface area is 159 Å². The molecule has 0 unspecified atom stereocenters. The highest BCUT2D eigenvalue weighted by atomic mass is 35.5. The summed E-state index contributed by atoms with van der Waals surface area (Å²) < 4.78 is 0. The molecule has 26 heavy (non-hydrogen) atoms. The molecule has 3 aromatic rings. The number of fused-ring (bicyclic) bond motifs is 1. The molecule has 0 aromatic heterocycles. The van der Waals surface area contributed by atoms with E-state index in [0.29, 0.717) is 27.1 Å². The van der Waals surface area contributed by atoms with Crippen LogP contribution in [0, 0.1) is 0 Å². The van der Waals surface area contributed by atoms with E-state index in [0.717, 1.165) is 11.3 Å². The van der Waals surface area contributed by atoms with Crippen LogP contribution in [0.25, 0.3) is 0 Å². The van der Waals surface area contributed by atoms with Gasteiger partial charge in [0.15, 0.2) is 0 Å². The number of amides is 1. The molecule has 0 saturated heterocycles. The zero-order valence-corrected chi connectivity index (χ0v) is 14.9. The van der Waals surface area contributed by atoms with Gasteiger partial charge in [0.05, 0.1) is 11.4 Å². The number of carbonyl (C=O) groups is 1. The first-order valence-corrected chi connectivity index (χ1v) is 8.56. The van der Waals surface area contributed by atoms with Crippen molar-refractivity contribution in [1.29, 1.82) is 0 Å². The van der Waals surface area contributed by atoms with Crippen molar-refractivity contribution in [2.75, 3.05) is 4.90 Å². The standard InChI is InChI=1S/C20H12Cl2N2O2/c21-12-9-13(22)11-14(10-12)23-19-17-3-1-2-4-18(17)24(20(19)26)15-5-7-16(25)8-6-15/h1-11,25H. The Bertz CT molecular complexity index is 1030. The third-order valence-corrected chi connectivity index (χ3v) is 4.44. The fourth-order valence-electron chi connectivity index (χ4n) is 2.90. The number of rotatable bonds is 2. The van der Waals surface area contributed by atoms with Crippen molar-refractivity contribution < 1.29 is 9.90 Å². The molecule has 0 atom stereocenters. The van der Waals surface area contributed by atoms with E-state index in [1.54, 1.807) is 35.2 Å². The number of nitrogens with zero attached hydrogens (tertiary/aromatic N) is 2. The predicted molar refractivity (Wildman–Crippen MR) is 104 cm³/mol. The molecule has 1 heterocycles. The van der Waals surface area contributed by atoms with Crippen LogP contribution >= 0.6 is 23.2 Å². The summed E-state index contributed by atoms with van der Waals surface area (Å²) in [7, 11) is 0. The lowest BCUT2D eigenvalue weighted by Crippen LogP contribution is -2.25. The molecular formula is C20H12Cl2N2O2. The Hall–Kier alpha value is -2.82. The number of para-hydroxylation sites is 1. The molecule has 1 amide bonds. The van der Waals surface area contributed by atoms with Gasteiger partial charge in [-0.05, 0) is 48.5 Å². The maximum Gasteiger partial charge on any atom is 0.282 e. The molecule has 6 heteroatoms. The van der Waals surface area contributed by atoms with E-state index in [-0.39, 0.29) is 11.7 Å². The highest BCUT2D eigenvalue weighted by Crippen LogP contribution is 2.37. The number of aromatic hydroxyl groups is 1. The molecule has 0 radical (unpaired) electrons. The molecule has 1 aliphatic heterocycles. The average molecular weight is 383 g/mol. The SMILES string of the molecule is O=C1C(=Nc2cc(Cl)cc(Cl)c2)c2ccccc2N1c1ccc(O)cc1. The normalized spacial score (nSPS) is 14.8. The highest BCUT2D eigenvalue weighted by molar-refractivity contribution is 6.56. The Kier molecular flexibility index (Phi) is 4.15. The molecule has 3 aromatic carbocycles. The lowest BCUT2D eigenvalue weighted by molar-refractivity contribution is -0.111. The highest BCUT2D eigenvalue weighted by Gasteiger charge is 2.34. The third-order valence-electron chi connectivity index (χ3n) is 4.00. The molecule has 0 aliphatic carbocycles.